The minimum atomic E-state index is -1.53. The molecular formula is C8H10O5S. The van der Waals surface area contributed by atoms with Gasteiger partial charge in [-0.25, -0.2) is 9.59 Å². The van der Waals surface area contributed by atoms with Crippen LogP contribution in [0.25, 0.3) is 0 Å². The molecule has 0 N–H and O–H groups in total. The number of ether oxygens (including phenoxy) is 2. The number of esters is 2. The molecule has 0 atom stereocenters. The molecule has 0 saturated carbocycles. The second-order valence-corrected chi connectivity index (χ2v) is 3.18. The highest BCUT2D eigenvalue weighted by molar-refractivity contribution is 7.90. The van der Waals surface area contributed by atoms with Crippen LogP contribution in [-0.2, 0) is 29.9 Å². The number of carbonyl (C=O) groups is 2. The maximum Gasteiger partial charge on any atom is 0.331 e. The normalized spacial score (nSPS) is 11.1. The first-order chi connectivity index (χ1) is 6.60. The van der Waals surface area contributed by atoms with Crippen molar-refractivity contribution in [2.75, 3.05) is 14.2 Å². The average Bonchev–Trinajstić information content (AvgIpc) is 2.22. The predicted molar refractivity (Wildman–Crippen MR) is 50.5 cm³/mol. The molecular weight excluding hydrogens is 208 g/mol. The lowest BCUT2D eigenvalue weighted by molar-refractivity contribution is -0.135. The number of methoxy groups -OCH3 is 2. The van der Waals surface area contributed by atoms with Crippen LogP contribution in [0.1, 0.15) is 0 Å². The van der Waals surface area contributed by atoms with Crippen molar-refractivity contribution in [2.24, 2.45) is 0 Å². The first kappa shape index (κ1) is 12.6. The molecule has 14 heavy (non-hydrogen) atoms. The summed E-state index contributed by atoms with van der Waals surface area (Å²) in [5, 5.41) is 2.20. The van der Waals surface area contributed by atoms with Crippen LogP contribution in [-0.4, -0.2) is 30.4 Å². The van der Waals surface area contributed by atoms with Crippen LogP contribution in [0, 0.1) is 0 Å². The Morgan fingerprint density at radius 3 is 1.64 bits per heavy atom. The first-order valence-electron chi connectivity index (χ1n) is 3.52. The molecule has 0 amide bonds. The van der Waals surface area contributed by atoms with Crippen molar-refractivity contribution in [3.05, 3.63) is 23.0 Å². The molecule has 0 rings (SSSR count). The summed E-state index contributed by atoms with van der Waals surface area (Å²) in [5.74, 6) is -1.21. The van der Waals surface area contributed by atoms with E-state index in [1.807, 2.05) is 0 Å². The van der Waals surface area contributed by atoms with Gasteiger partial charge in [-0.1, -0.05) is 0 Å². The Labute approximate surface area is 83.8 Å². The van der Waals surface area contributed by atoms with Crippen LogP contribution in [0.5, 0.6) is 0 Å². The van der Waals surface area contributed by atoms with Gasteiger partial charge in [-0.2, -0.15) is 0 Å². The molecule has 0 aromatic rings. The molecule has 0 aliphatic carbocycles. The van der Waals surface area contributed by atoms with Crippen molar-refractivity contribution in [3.63, 3.8) is 0 Å². The van der Waals surface area contributed by atoms with Crippen molar-refractivity contribution in [1.82, 2.24) is 0 Å². The summed E-state index contributed by atoms with van der Waals surface area (Å²) in [6, 6.07) is 0. The van der Waals surface area contributed by atoms with Gasteiger partial charge in [0.05, 0.1) is 25.0 Å². The van der Waals surface area contributed by atoms with Gasteiger partial charge in [0.1, 0.15) is 0 Å². The number of rotatable bonds is 4. The van der Waals surface area contributed by atoms with Gasteiger partial charge in [0.25, 0.3) is 0 Å². The Morgan fingerprint density at radius 1 is 1.00 bits per heavy atom. The number of carbonyl (C=O) groups excluding carboxylic acids is 2. The molecule has 0 bridgehead atoms. The molecule has 0 aromatic heterocycles. The van der Waals surface area contributed by atoms with E-state index in [4.69, 9.17) is 0 Å². The summed E-state index contributed by atoms with van der Waals surface area (Å²) in [7, 11) is 0.889. The minimum Gasteiger partial charge on any atom is -0.466 e. The monoisotopic (exact) mass is 218 g/mol. The Kier molecular flexibility index (Phi) is 6.30. The summed E-state index contributed by atoms with van der Waals surface area (Å²) in [6.07, 6.45) is 2.02. The molecule has 0 fully saturated rings. The van der Waals surface area contributed by atoms with Gasteiger partial charge < -0.3 is 9.47 Å². The van der Waals surface area contributed by atoms with Crippen molar-refractivity contribution >= 4 is 22.7 Å². The molecule has 0 saturated heterocycles. The third-order valence-corrected chi connectivity index (χ3v) is 1.89. The topological polar surface area (TPSA) is 69.7 Å². The van der Waals surface area contributed by atoms with Crippen LogP contribution in [0.15, 0.2) is 23.0 Å². The Balaban J connectivity index is 4.11. The van der Waals surface area contributed by atoms with Gasteiger partial charge in [0, 0.05) is 23.0 Å². The zero-order valence-corrected chi connectivity index (χ0v) is 8.58. The van der Waals surface area contributed by atoms with Gasteiger partial charge in [-0.15, -0.1) is 0 Å². The van der Waals surface area contributed by atoms with Crippen LogP contribution in [0.2, 0.25) is 0 Å². The third kappa shape index (κ3) is 6.13. The Morgan fingerprint density at radius 2 is 1.36 bits per heavy atom. The van der Waals surface area contributed by atoms with E-state index in [0.29, 0.717) is 0 Å². The molecule has 0 unspecified atom stereocenters. The molecule has 0 heterocycles. The lowest BCUT2D eigenvalue weighted by atomic mass is 10.7. The standard InChI is InChI=1S/C8H10O5S/c1-12-7(9)3-5-14(11)6-4-8(10)13-2/h3-6H,1-2H3/b5-3-,6-4-. The fraction of sp³-hybridized carbons (Fsp3) is 0.250. The van der Waals surface area contributed by atoms with Crippen molar-refractivity contribution in [1.29, 1.82) is 0 Å². The van der Waals surface area contributed by atoms with E-state index in [1.54, 1.807) is 0 Å². The van der Waals surface area contributed by atoms with Gasteiger partial charge >= 0.3 is 11.9 Å². The summed E-state index contributed by atoms with van der Waals surface area (Å²) < 4.78 is 19.5. The SMILES string of the molecule is COC(=O)/C=C\S(=O)/C=C\C(=O)OC. The van der Waals surface area contributed by atoms with Crippen molar-refractivity contribution in [2.45, 2.75) is 0 Å². The molecule has 0 radical (unpaired) electrons. The maximum absolute atomic E-state index is 11.0. The number of hydrogen-bond acceptors (Lipinski definition) is 5. The van der Waals surface area contributed by atoms with Gasteiger partial charge in [0.2, 0.25) is 0 Å². The quantitative estimate of drug-likeness (QED) is 0.494. The van der Waals surface area contributed by atoms with Crippen LogP contribution < -0.4 is 0 Å². The summed E-state index contributed by atoms with van der Waals surface area (Å²) >= 11 is 0. The highest BCUT2D eigenvalue weighted by Gasteiger charge is 1.95. The molecule has 5 nitrogen and oxygen atoms in total. The van der Waals surface area contributed by atoms with E-state index in [2.05, 4.69) is 9.47 Å². The zero-order valence-electron chi connectivity index (χ0n) is 7.76. The molecule has 0 spiro atoms. The number of hydrogen-bond donors (Lipinski definition) is 0. The van der Waals surface area contributed by atoms with Crippen LogP contribution >= 0.6 is 0 Å². The van der Waals surface area contributed by atoms with Gasteiger partial charge in [-0.3, -0.25) is 4.21 Å². The maximum atomic E-state index is 11.0. The Hall–Kier alpha value is -1.43. The molecule has 0 aromatic carbocycles. The fourth-order valence-electron chi connectivity index (χ4n) is 0.427. The smallest absolute Gasteiger partial charge is 0.331 e. The van der Waals surface area contributed by atoms with Gasteiger partial charge in [-0.05, 0) is 0 Å². The largest absolute Gasteiger partial charge is 0.466 e. The van der Waals surface area contributed by atoms with E-state index >= 15 is 0 Å². The second kappa shape index (κ2) is 7.02. The van der Waals surface area contributed by atoms with E-state index in [-0.39, 0.29) is 0 Å². The lowest BCUT2D eigenvalue weighted by Gasteiger charge is -1.89. The molecule has 6 heteroatoms. The lowest BCUT2D eigenvalue weighted by Crippen LogP contribution is -1.96. The van der Waals surface area contributed by atoms with Crippen LogP contribution in [0.3, 0.4) is 0 Å². The highest BCUT2D eigenvalue weighted by atomic mass is 32.2. The average molecular weight is 218 g/mol. The van der Waals surface area contributed by atoms with E-state index in [0.717, 1.165) is 23.0 Å². The van der Waals surface area contributed by atoms with Gasteiger partial charge in [0.15, 0.2) is 0 Å². The van der Waals surface area contributed by atoms with E-state index in [1.165, 1.54) is 14.2 Å². The summed E-state index contributed by atoms with van der Waals surface area (Å²) in [6.45, 7) is 0. The van der Waals surface area contributed by atoms with Crippen LogP contribution in [0.4, 0.5) is 0 Å². The second-order valence-electron chi connectivity index (χ2n) is 1.98. The van der Waals surface area contributed by atoms with E-state index < -0.39 is 22.7 Å². The summed E-state index contributed by atoms with van der Waals surface area (Å²) in [4.78, 5) is 21.1. The molecule has 0 aliphatic heterocycles. The third-order valence-electron chi connectivity index (χ3n) is 1.08. The highest BCUT2D eigenvalue weighted by Crippen LogP contribution is 1.90. The zero-order chi connectivity index (χ0) is 11.0. The fourth-order valence-corrected chi connectivity index (χ4v) is 1.01. The first-order valence-corrected chi connectivity index (χ1v) is 4.79. The molecule has 78 valence electrons. The minimum absolute atomic E-state index is 0.607. The van der Waals surface area contributed by atoms with E-state index in [9.17, 15) is 13.8 Å². The summed E-state index contributed by atoms with van der Waals surface area (Å²) in [5.41, 5.74) is 0. The Bertz CT molecular complexity index is 264. The van der Waals surface area contributed by atoms with Crippen molar-refractivity contribution < 1.29 is 23.3 Å². The predicted octanol–water partition coefficient (Wildman–Crippen LogP) is 0.108. The molecule has 0 aliphatic rings. The van der Waals surface area contributed by atoms with Crippen molar-refractivity contribution in [3.8, 4) is 0 Å².